The molecule has 156 valence electrons. The van der Waals surface area contributed by atoms with Crippen molar-refractivity contribution in [1.29, 1.82) is 0 Å². The van der Waals surface area contributed by atoms with Crippen molar-refractivity contribution in [3.05, 3.63) is 86.5 Å². The molecule has 31 heavy (non-hydrogen) atoms. The Bertz CT molecular complexity index is 1370. The van der Waals surface area contributed by atoms with Crippen molar-refractivity contribution >= 4 is 28.2 Å². The van der Waals surface area contributed by atoms with Gasteiger partial charge < -0.3 is 5.32 Å². The van der Waals surface area contributed by atoms with Gasteiger partial charge in [0.15, 0.2) is 0 Å². The molecule has 0 unspecified atom stereocenters. The molecule has 0 radical (unpaired) electrons. The van der Waals surface area contributed by atoms with E-state index in [2.05, 4.69) is 15.5 Å². The van der Waals surface area contributed by atoms with Gasteiger partial charge in [-0.3, -0.25) is 19.7 Å². The number of aryl methyl sites for hydroxylation is 2. The summed E-state index contributed by atoms with van der Waals surface area (Å²) < 4.78 is 2.65. The molecular weight excluding hydrogens is 400 g/mol. The Morgan fingerprint density at radius 2 is 1.84 bits per heavy atom. The fourth-order valence-corrected chi connectivity index (χ4v) is 3.32. The zero-order valence-corrected chi connectivity index (χ0v) is 16.8. The van der Waals surface area contributed by atoms with Crippen LogP contribution in [0.4, 0.5) is 11.4 Å². The summed E-state index contributed by atoms with van der Waals surface area (Å²) in [5.74, 6) is -0.482. The normalized spacial score (nSPS) is 10.9. The molecule has 0 saturated carbocycles. The molecule has 1 amide bonds. The first-order chi connectivity index (χ1) is 14.8. The number of non-ortho nitro benzene ring substituents is 1. The predicted molar refractivity (Wildman–Crippen MR) is 114 cm³/mol. The number of carbonyl (C=O) groups excluding carboxylic acids is 1. The van der Waals surface area contributed by atoms with Gasteiger partial charge in [-0.2, -0.15) is 10.2 Å². The van der Waals surface area contributed by atoms with Gasteiger partial charge in [-0.15, -0.1) is 0 Å². The second-order valence-electron chi connectivity index (χ2n) is 7.01. The number of nitro benzene ring substituents is 1. The Kier molecular flexibility index (Phi) is 5.04. The van der Waals surface area contributed by atoms with Crippen LogP contribution in [0.2, 0.25) is 0 Å². The lowest BCUT2D eigenvalue weighted by Gasteiger charge is -2.10. The van der Waals surface area contributed by atoms with E-state index in [1.165, 1.54) is 24.3 Å². The quantitative estimate of drug-likeness (QED) is 0.392. The van der Waals surface area contributed by atoms with Gasteiger partial charge in [-0.25, -0.2) is 9.36 Å². The van der Waals surface area contributed by atoms with Gasteiger partial charge in [0.1, 0.15) is 12.1 Å². The second-order valence-corrected chi connectivity index (χ2v) is 7.01. The van der Waals surface area contributed by atoms with Gasteiger partial charge >= 0.3 is 0 Å². The van der Waals surface area contributed by atoms with E-state index in [0.29, 0.717) is 22.3 Å². The van der Waals surface area contributed by atoms with Crippen LogP contribution in [0, 0.1) is 24.0 Å². The van der Waals surface area contributed by atoms with Crippen LogP contribution in [0.25, 0.3) is 16.6 Å². The zero-order valence-electron chi connectivity index (χ0n) is 16.8. The largest absolute Gasteiger partial charge is 0.324 e. The van der Waals surface area contributed by atoms with E-state index >= 15 is 0 Å². The number of benzene rings is 2. The van der Waals surface area contributed by atoms with E-state index in [-0.39, 0.29) is 12.2 Å². The molecule has 10 heteroatoms. The van der Waals surface area contributed by atoms with Gasteiger partial charge in [0.2, 0.25) is 5.91 Å². The molecule has 2 aromatic heterocycles. The summed E-state index contributed by atoms with van der Waals surface area (Å²) in [6.45, 7) is 3.36. The molecule has 0 atom stereocenters. The highest BCUT2D eigenvalue weighted by molar-refractivity contribution is 5.91. The molecule has 4 rings (SSSR count). The van der Waals surface area contributed by atoms with Crippen molar-refractivity contribution in [3.63, 3.8) is 0 Å². The fourth-order valence-electron chi connectivity index (χ4n) is 3.32. The van der Waals surface area contributed by atoms with Crippen LogP contribution in [0.15, 0.2) is 59.5 Å². The molecule has 0 fully saturated rings. The third-order valence-corrected chi connectivity index (χ3v) is 4.87. The van der Waals surface area contributed by atoms with Crippen LogP contribution in [0.3, 0.4) is 0 Å². The van der Waals surface area contributed by atoms with Crippen molar-refractivity contribution in [2.24, 2.45) is 0 Å². The van der Waals surface area contributed by atoms with Crippen LogP contribution in [-0.4, -0.2) is 30.4 Å². The lowest BCUT2D eigenvalue weighted by molar-refractivity contribution is -0.384. The average Bonchev–Trinajstić information content (AvgIpc) is 3.18. The van der Waals surface area contributed by atoms with Crippen molar-refractivity contribution in [2.45, 2.75) is 20.4 Å². The monoisotopic (exact) mass is 418 g/mol. The number of hydrogen-bond acceptors (Lipinski definition) is 6. The smallest absolute Gasteiger partial charge is 0.293 e. The van der Waals surface area contributed by atoms with E-state index in [1.807, 2.05) is 31.2 Å². The molecule has 2 aromatic carbocycles. The van der Waals surface area contributed by atoms with Crippen LogP contribution < -0.4 is 10.9 Å². The summed E-state index contributed by atoms with van der Waals surface area (Å²) in [6, 6.07) is 13.0. The average molecular weight is 418 g/mol. The van der Waals surface area contributed by atoms with E-state index in [4.69, 9.17) is 0 Å². The van der Waals surface area contributed by atoms with Crippen LogP contribution >= 0.6 is 0 Å². The van der Waals surface area contributed by atoms with E-state index in [1.54, 1.807) is 17.8 Å². The topological polar surface area (TPSA) is 125 Å². The number of fused-ring (bicyclic) bond motifs is 1. The van der Waals surface area contributed by atoms with Gasteiger partial charge in [0, 0.05) is 23.2 Å². The number of rotatable bonds is 5. The first-order valence-corrected chi connectivity index (χ1v) is 9.41. The van der Waals surface area contributed by atoms with E-state index in [9.17, 15) is 19.7 Å². The minimum Gasteiger partial charge on any atom is -0.324 e. The van der Waals surface area contributed by atoms with Gasteiger partial charge in [0.25, 0.3) is 11.2 Å². The Morgan fingerprint density at radius 3 is 2.52 bits per heavy atom. The standard InChI is InChI=1S/C21H18N6O4/c1-13-5-3-4-6-18(13)26-20-17(11-22-26)14(2)24-25(21(20)29)12-19(28)23-15-7-9-16(10-8-15)27(30)31/h3-11H,12H2,1-2H3,(H,23,28). The number of anilines is 1. The third kappa shape index (κ3) is 3.78. The third-order valence-electron chi connectivity index (χ3n) is 4.87. The number of aromatic nitrogens is 4. The molecule has 0 aliphatic heterocycles. The Hall–Kier alpha value is -4.34. The number of hydrogen-bond donors (Lipinski definition) is 1. The molecular formula is C21H18N6O4. The fraction of sp³-hybridized carbons (Fsp3) is 0.143. The highest BCUT2D eigenvalue weighted by Crippen LogP contribution is 2.20. The van der Waals surface area contributed by atoms with Gasteiger partial charge in [-0.05, 0) is 37.6 Å². The molecule has 4 aromatic rings. The Morgan fingerprint density at radius 1 is 1.13 bits per heavy atom. The summed E-state index contributed by atoms with van der Waals surface area (Å²) in [5.41, 5.74) is 2.47. The van der Waals surface area contributed by atoms with Crippen molar-refractivity contribution < 1.29 is 9.72 Å². The molecule has 2 heterocycles. The minimum absolute atomic E-state index is 0.0820. The van der Waals surface area contributed by atoms with Crippen molar-refractivity contribution in [2.75, 3.05) is 5.32 Å². The molecule has 0 spiro atoms. The Labute approximate surface area is 175 Å². The second kappa shape index (κ2) is 7.82. The summed E-state index contributed by atoms with van der Waals surface area (Å²) in [6.07, 6.45) is 1.59. The number of nitrogens with one attached hydrogen (secondary N) is 1. The summed E-state index contributed by atoms with van der Waals surface area (Å²) >= 11 is 0. The van der Waals surface area contributed by atoms with Gasteiger partial charge in [0.05, 0.1) is 22.5 Å². The minimum atomic E-state index is -0.523. The Balaban J connectivity index is 1.67. The number of nitro groups is 1. The summed E-state index contributed by atoms with van der Waals surface area (Å²) in [5, 5.41) is 22.6. The maximum atomic E-state index is 13.1. The first kappa shape index (κ1) is 20.0. The lowest BCUT2D eigenvalue weighted by Crippen LogP contribution is -2.31. The molecule has 10 nitrogen and oxygen atoms in total. The number of para-hydroxylation sites is 1. The number of nitrogens with zero attached hydrogens (tertiary/aromatic N) is 5. The van der Waals surface area contributed by atoms with E-state index in [0.717, 1.165) is 15.9 Å². The van der Waals surface area contributed by atoms with Crippen LogP contribution in [0.5, 0.6) is 0 Å². The zero-order chi connectivity index (χ0) is 22.1. The molecule has 0 aliphatic rings. The maximum Gasteiger partial charge on any atom is 0.293 e. The van der Waals surface area contributed by atoms with Crippen molar-refractivity contribution in [1.82, 2.24) is 19.6 Å². The molecule has 0 saturated heterocycles. The highest BCUT2D eigenvalue weighted by Gasteiger charge is 2.17. The number of carbonyl (C=O) groups is 1. The van der Waals surface area contributed by atoms with Gasteiger partial charge in [-0.1, -0.05) is 18.2 Å². The summed E-state index contributed by atoms with van der Waals surface area (Å²) in [7, 11) is 0. The molecule has 0 aliphatic carbocycles. The lowest BCUT2D eigenvalue weighted by atomic mass is 10.2. The van der Waals surface area contributed by atoms with E-state index < -0.39 is 16.4 Å². The van der Waals surface area contributed by atoms with Crippen LogP contribution in [-0.2, 0) is 11.3 Å². The SMILES string of the molecule is Cc1ccccc1-n1ncc2c(C)nn(CC(=O)Nc3ccc([N+](=O)[O-])cc3)c(=O)c21. The molecule has 1 N–H and O–H groups in total. The molecule has 0 bridgehead atoms. The predicted octanol–water partition coefficient (Wildman–Crippen LogP) is 2.75. The van der Waals surface area contributed by atoms with Crippen LogP contribution in [0.1, 0.15) is 11.3 Å². The van der Waals surface area contributed by atoms with Crippen molar-refractivity contribution in [3.8, 4) is 5.69 Å². The maximum absolute atomic E-state index is 13.1. The first-order valence-electron chi connectivity index (χ1n) is 9.41. The highest BCUT2D eigenvalue weighted by atomic mass is 16.6. The summed E-state index contributed by atoms with van der Waals surface area (Å²) in [4.78, 5) is 35.8. The number of amides is 1.